The number of Topliss-reactive ketones (excluding diaryl/α,β-unsaturated/α-hetero) is 2. The molecule has 5 aliphatic rings. The Balaban J connectivity index is 0.000000277. The number of nitrogens with one attached hydrogen (secondary N) is 1. The number of nitrogens with zero attached hydrogens (tertiary/aromatic N) is 6. The van der Waals surface area contributed by atoms with E-state index in [-0.39, 0.29) is 75.6 Å². The van der Waals surface area contributed by atoms with Crippen molar-refractivity contribution in [3.05, 3.63) is 47.5 Å². The number of primary amides is 1. The van der Waals surface area contributed by atoms with E-state index in [2.05, 4.69) is 20.3 Å². The zero-order valence-electron chi connectivity index (χ0n) is 48.7. The molecule has 33 nitrogen and oxygen atoms in total. The third-order valence-electron chi connectivity index (χ3n) is 14.1. The van der Waals surface area contributed by atoms with E-state index < -0.39 is 150 Å². The lowest BCUT2D eigenvalue weighted by Crippen LogP contribution is -2.40. The minimum Gasteiger partial charge on any atom is -0.493 e. The van der Waals surface area contributed by atoms with Crippen molar-refractivity contribution in [1.82, 2.24) is 34.0 Å². The largest absolute Gasteiger partial charge is 0.493 e. The van der Waals surface area contributed by atoms with E-state index in [1.807, 2.05) is 6.79 Å². The molecule has 0 saturated heterocycles. The van der Waals surface area contributed by atoms with Gasteiger partial charge in [-0.05, 0) is 19.3 Å². The summed E-state index contributed by atoms with van der Waals surface area (Å²) in [6, 6.07) is -1.84. The molecule has 3 fully saturated rings. The molecule has 8 rings (SSSR count). The van der Waals surface area contributed by atoms with Crippen LogP contribution in [0.15, 0.2) is 19.0 Å². The van der Waals surface area contributed by atoms with E-state index in [1.165, 1.54) is 85.9 Å². The van der Waals surface area contributed by atoms with Crippen molar-refractivity contribution >= 4 is 89.8 Å². The van der Waals surface area contributed by atoms with Crippen LogP contribution in [-0.4, -0.2) is 180 Å². The Labute approximate surface area is 495 Å². The Morgan fingerprint density at radius 3 is 1.18 bits per heavy atom. The first kappa shape index (κ1) is 68.1. The quantitative estimate of drug-likeness (QED) is 0.0734. The number of hydrogen-bond acceptors (Lipinski definition) is 28. The van der Waals surface area contributed by atoms with Crippen molar-refractivity contribution < 1.29 is 121 Å². The molecule has 4 aliphatic carbocycles. The molecular weight excluding hydrogens is 1160 g/mol. The van der Waals surface area contributed by atoms with Gasteiger partial charge < -0.3 is 67.4 Å². The maximum absolute atomic E-state index is 12.1. The molecule has 87 heavy (non-hydrogen) atoms. The molecule has 3 saturated carbocycles. The summed E-state index contributed by atoms with van der Waals surface area (Å²) < 4.78 is 52.0. The predicted octanol–water partition coefficient (Wildman–Crippen LogP) is -0.0121. The summed E-state index contributed by atoms with van der Waals surface area (Å²) in [6.45, 7) is 12.9. The zero-order valence-corrected chi connectivity index (χ0v) is 48.7. The van der Waals surface area contributed by atoms with Crippen LogP contribution in [0.4, 0.5) is 0 Å². The van der Waals surface area contributed by atoms with Gasteiger partial charge in [-0.1, -0.05) is 0 Å². The molecule has 0 radical (unpaired) electrons. The Bertz CT molecular complexity index is 3050. The van der Waals surface area contributed by atoms with Gasteiger partial charge in [-0.2, -0.15) is 0 Å². The van der Waals surface area contributed by atoms with Gasteiger partial charge in [0.25, 0.3) is 11.8 Å². The molecule has 4 heterocycles. The third kappa shape index (κ3) is 17.2. The lowest BCUT2D eigenvalue weighted by Gasteiger charge is -2.27. The number of ketones is 2. The molecule has 33 heteroatoms. The van der Waals surface area contributed by atoms with Crippen molar-refractivity contribution in [2.45, 2.75) is 156 Å². The van der Waals surface area contributed by atoms with Crippen LogP contribution in [0.25, 0.3) is 0 Å². The molecule has 4 N–H and O–H groups in total. The lowest BCUT2D eigenvalue weighted by atomic mass is 9.98. The highest BCUT2D eigenvalue weighted by Gasteiger charge is 2.53. The summed E-state index contributed by atoms with van der Waals surface area (Å²) >= 11 is 0. The number of fused-ring (bicyclic) bond motifs is 2. The summed E-state index contributed by atoms with van der Waals surface area (Å²) in [5.74, 6) is -9.57. The number of aromatic hydroxyl groups is 1. The van der Waals surface area contributed by atoms with Gasteiger partial charge in [-0.25, -0.2) is 15.0 Å². The van der Waals surface area contributed by atoms with Gasteiger partial charge in [-0.15, -0.1) is 0 Å². The summed E-state index contributed by atoms with van der Waals surface area (Å²) in [5, 5.41) is 12.4. The second-order valence-electron chi connectivity index (χ2n) is 20.5. The number of aromatic nitrogens is 6. The van der Waals surface area contributed by atoms with Crippen molar-refractivity contribution in [1.29, 1.82) is 0 Å². The van der Waals surface area contributed by atoms with Gasteiger partial charge in [0, 0.05) is 87.9 Å². The summed E-state index contributed by atoms with van der Waals surface area (Å²) in [7, 11) is 0. The van der Waals surface area contributed by atoms with E-state index >= 15 is 0 Å². The second kappa shape index (κ2) is 29.9. The van der Waals surface area contributed by atoms with E-state index in [4.69, 9.17) is 53.2 Å². The summed E-state index contributed by atoms with van der Waals surface area (Å²) in [5.41, 5.74) is 5.98. The fraction of sp³-hybridized carbons (Fsp3) is 0.556. The predicted molar refractivity (Wildman–Crippen MR) is 285 cm³/mol. The maximum Gasteiger partial charge on any atom is 0.303 e. The molecule has 3 aromatic heterocycles. The molecule has 0 spiro atoms. The second-order valence-corrected chi connectivity index (χ2v) is 20.5. The number of imidazole rings is 3. The van der Waals surface area contributed by atoms with Crippen LogP contribution in [0.3, 0.4) is 0 Å². The highest BCUT2D eigenvalue weighted by Crippen LogP contribution is 2.44. The SMILES string of the molecule is C=O.CC(=O)OCC1CC(n2cnc(C(N)=O)c2O)C(OC(C)=O)C1OC(C)=O.CC(=O)OCC1CC(n2cnc3c2CC(=O)CC3=O)C(OC(C)=O)C1OC(C)=O.CC(=O)OCC1CC(n2cnc3c2CC(=O)NC3=O)C(OC(C)=O)C1OC(C)=O.[HH]. The van der Waals surface area contributed by atoms with Crippen molar-refractivity contribution in [2.24, 2.45) is 23.5 Å². The molecular formula is C54H68N8O25. The molecule has 3 amide bonds. The van der Waals surface area contributed by atoms with Gasteiger partial charge in [0.15, 0.2) is 29.8 Å². The number of ether oxygens (including phenoxy) is 9. The highest BCUT2D eigenvalue weighted by atomic mass is 16.6. The number of amides is 3. The Hall–Kier alpha value is -9.72. The van der Waals surface area contributed by atoms with E-state index in [1.54, 1.807) is 9.13 Å². The molecule has 474 valence electrons. The van der Waals surface area contributed by atoms with Crippen LogP contribution in [0.2, 0.25) is 0 Å². The van der Waals surface area contributed by atoms with Gasteiger partial charge in [-0.3, -0.25) is 77.0 Å². The number of esters is 9. The first-order valence-electron chi connectivity index (χ1n) is 26.7. The van der Waals surface area contributed by atoms with Gasteiger partial charge in [0.2, 0.25) is 11.8 Å². The van der Waals surface area contributed by atoms with Crippen molar-refractivity contribution in [2.75, 3.05) is 19.8 Å². The number of carbonyl (C=O) groups is 15. The number of carbonyl (C=O) groups excluding carboxylic acids is 15. The lowest BCUT2D eigenvalue weighted by molar-refractivity contribution is -0.168. The minimum atomic E-state index is -0.993. The zero-order chi connectivity index (χ0) is 64.9. The van der Waals surface area contributed by atoms with Crippen LogP contribution in [0.5, 0.6) is 5.88 Å². The summed E-state index contributed by atoms with van der Waals surface area (Å²) in [4.78, 5) is 183. The molecule has 0 aromatic carbocycles. The van der Waals surface area contributed by atoms with Crippen molar-refractivity contribution in [3.63, 3.8) is 0 Å². The Morgan fingerprint density at radius 1 is 0.506 bits per heavy atom. The number of rotatable bonds is 16. The van der Waals surface area contributed by atoms with Gasteiger partial charge in [0.1, 0.15) is 42.3 Å². The van der Waals surface area contributed by atoms with Crippen LogP contribution < -0.4 is 11.1 Å². The average Bonchev–Trinajstić information content (AvgIpc) is 2.30. The monoisotopic (exact) mass is 1230 g/mol. The normalized spacial score (nSPS) is 24.8. The topological polar surface area (TPSA) is 451 Å². The standard InChI is InChI=1S/C19H22N2O8.C18H21N3O8.C16H21N3O8.CH2O.H2/c1-9(22)27-7-12-4-15(19(29-11(3)24)18(12)28-10(2)23)21-8-20-17-14(21)5-13(25)6-16(17)26;1-8(22)27-6-11-4-13(17(29-10(3)24)16(11)28-9(2)23)21-7-19-15-12(21)5-14(25)20-18(15)26;1-7(20)25-5-10-4-11(19-6-18-12(15(17)23)16(19)24)14(27-9(3)22)13(10)26-8(2)21;1-2;/h8,12,15,18-19H,4-7H2,1-3H3;7,11,13,16-17H,4-6H2,1-3H3,(H,20,25,26);6,10-11,13-14,24H,4-5H2,1-3H3,(H2,17,23);1H2;1H. The highest BCUT2D eigenvalue weighted by molar-refractivity contribution is 6.11. The average molecular weight is 1230 g/mol. The first-order chi connectivity index (χ1) is 40.9. The molecule has 1 aliphatic heterocycles. The fourth-order valence-corrected chi connectivity index (χ4v) is 11.0. The van der Waals surface area contributed by atoms with Crippen LogP contribution in [-0.2, 0) is 113 Å². The van der Waals surface area contributed by atoms with E-state index in [0.29, 0.717) is 24.2 Å². The van der Waals surface area contributed by atoms with Crippen LogP contribution >= 0.6 is 0 Å². The fourth-order valence-electron chi connectivity index (χ4n) is 11.0. The molecule has 0 bridgehead atoms. The third-order valence-corrected chi connectivity index (χ3v) is 14.1. The van der Waals surface area contributed by atoms with Crippen molar-refractivity contribution in [3.8, 4) is 5.88 Å². The Morgan fingerprint density at radius 2 is 0.839 bits per heavy atom. The smallest absolute Gasteiger partial charge is 0.303 e. The molecule has 3 aromatic rings. The van der Waals surface area contributed by atoms with Crippen LogP contribution in [0.1, 0.15) is 150 Å². The van der Waals surface area contributed by atoms with Crippen LogP contribution in [0, 0.1) is 17.8 Å². The summed E-state index contributed by atoms with van der Waals surface area (Å²) in [6.07, 6.45) is -0.802. The molecule has 12 unspecified atom stereocenters. The number of imide groups is 1. The van der Waals surface area contributed by atoms with E-state index in [0.717, 1.165) is 0 Å². The van der Waals surface area contributed by atoms with Gasteiger partial charge in [0.05, 0.1) is 81.2 Å². The molecule has 12 atom stereocenters. The van der Waals surface area contributed by atoms with E-state index in [9.17, 15) is 72.2 Å². The Kier molecular flexibility index (Phi) is 23.4. The number of nitrogens with two attached hydrogens (primary N) is 1. The van der Waals surface area contributed by atoms with Gasteiger partial charge >= 0.3 is 53.7 Å². The maximum atomic E-state index is 12.1. The first-order valence-corrected chi connectivity index (χ1v) is 26.7. The number of hydrogen-bond donors (Lipinski definition) is 3. The minimum absolute atomic E-state index is 0.